The molecule has 96 valence electrons. The minimum Gasteiger partial charge on any atom is -0.495 e. The first kappa shape index (κ1) is 12.5. The van der Waals surface area contributed by atoms with E-state index in [0.29, 0.717) is 11.4 Å². The Morgan fingerprint density at radius 3 is 2.78 bits per heavy atom. The van der Waals surface area contributed by atoms with Crippen LogP contribution < -0.4 is 10.5 Å². The standard InChI is InChI=1S/C14H19N3O/c1-4-7-17-9-12(10(2)16-17)11-5-6-14(18-3)13(15)8-11/h5-6,8-9H,4,7,15H2,1-3H3. The quantitative estimate of drug-likeness (QED) is 0.843. The topological polar surface area (TPSA) is 53.1 Å². The smallest absolute Gasteiger partial charge is 0.141 e. The summed E-state index contributed by atoms with van der Waals surface area (Å²) in [6.45, 7) is 5.09. The average molecular weight is 245 g/mol. The number of benzene rings is 1. The maximum absolute atomic E-state index is 5.93. The lowest BCUT2D eigenvalue weighted by molar-refractivity contribution is 0.417. The van der Waals surface area contributed by atoms with E-state index in [1.54, 1.807) is 7.11 Å². The van der Waals surface area contributed by atoms with Crippen molar-refractivity contribution >= 4 is 5.69 Å². The van der Waals surface area contributed by atoms with Crippen molar-refractivity contribution in [3.8, 4) is 16.9 Å². The summed E-state index contributed by atoms with van der Waals surface area (Å²) in [4.78, 5) is 0. The maximum atomic E-state index is 5.93. The molecule has 1 heterocycles. The lowest BCUT2D eigenvalue weighted by Crippen LogP contribution is -1.96. The molecule has 18 heavy (non-hydrogen) atoms. The highest BCUT2D eigenvalue weighted by atomic mass is 16.5. The van der Waals surface area contributed by atoms with E-state index >= 15 is 0 Å². The summed E-state index contributed by atoms with van der Waals surface area (Å²) in [5.74, 6) is 0.706. The number of aryl methyl sites for hydroxylation is 2. The summed E-state index contributed by atoms with van der Waals surface area (Å²) in [7, 11) is 1.62. The molecule has 2 N–H and O–H groups in total. The molecular formula is C14H19N3O. The maximum Gasteiger partial charge on any atom is 0.141 e. The normalized spacial score (nSPS) is 10.6. The van der Waals surface area contributed by atoms with Gasteiger partial charge in [0.15, 0.2) is 0 Å². The highest BCUT2D eigenvalue weighted by molar-refractivity contribution is 5.71. The third-order valence-electron chi connectivity index (χ3n) is 2.94. The van der Waals surface area contributed by atoms with E-state index in [0.717, 1.165) is 29.8 Å². The Kier molecular flexibility index (Phi) is 3.55. The van der Waals surface area contributed by atoms with Crippen LogP contribution in [0.3, 0.4) is 0 Å². The Morgan fingerprint density at radius 2 is 2.17 bits per heavy atom. The number of nitrogens with zero attached hydrogens (tertiary/aromatic N) is 2. The number of hydrogen-bond donors (Lipinski definition) is 1. The molecule has 2 aromatic rings. The van der Waals surface area contributed by atoms with Crippen LogP contribution in [0.2, 0.25) is 0 Å². The Bertz CT molecular complexity index is 546. The van der Waals surface area contributed by atoms with Gasteiger partial charge in [0, 0.05) is 18.3 Å². The zero-order valence-electron chi connectivity index (χ0n) is 11.1. The van der Waals surface area contributed by atoms with Crippen LogP contribution in [0, 0.1) is 6.92 Å². The van der Waals surface area contributed by atoms with Crippen molar-refractivity contribution in [3.63, 3.8) is 0 Å². The van der Waals surface area contributed by atoms with E-state index in [4.69, 9.17) is 10.5 Å². The molecule has 4 heteroatoms. The molecule has 4 nitrogen and oxygen atoms in total. The number of methoxy groups -OCH3 is 1. The predicted octanol–water partition coefficient (Wildman–Crippen LogP) is 2.86. The molecule has 0 spiro atoms. The summed E-state index contributed by atoms with van der Waals surface area (Å²) in [5.41, 5.74) is 9.80. The number of ether oxygens (including phenoxy) is 1. The van der Waals surface area contributed by atoms with Gasteiger partial charge in [-0.1, -0.05) is 13.0 Å². The summed E-state index contributed by atoms with van der Waals surface area (Å²) in [6, 6.07) is 5.83. The fourth-order valence-corrected chi connectivity index (χ4v) is 2.05. The first-order valence-electron chi connectivity index (χ1n) is 6.13. The second-order valence-electron chi connectivity index (χ2n) is 4.35. The summed E-state index contributed by atoms with van der Waals surface area (Å²) >= 11 is 0. The Labute approximate surface area is 107 Å². The molecule has 0 aliphatic carbocycles. The molecule has 0 radical (unpaired) electrons. The van der Waals surface area contributed by atoms with Gasteiger partial charge < -0.3 is 10.5 Å². The molecule has 1 aromatic carbocycles. The fourth-order valence-electron chi connectivity index (χ4n) is 2.05. The molecule has 0 unspecified atom stereocenters. The van der Waals surface area contributed by atoms with Gasteiger partial charge in [-0.05, 0) is 31.0 Å². The molecule has 0 aliphatic rings. The van der Waals surface area contributed by atoms with E-state index in [1.165, 1.54) is 0 Å². The number of nitrogen functional groups attached to an aromatic ring is 1. The van der Waals surface area contributed by atoms with E-state index in [9.17, 15) is 0 Å². The summed E-state index contributed by atoms with van der Waals surface area (Å²) in [6.07, 6.45) is 3.14. The van der Waals surface area contributed by atoms with Crippen LogP contribution in [0.4, 0.5) is 5.69 Å². The van der Waals surface area contributed by atoms with Gasteiger partial charge >= 0.3 is 0 Å². The van der Waals surface area contributed by atoms with Gasteiger partial charge in [0.25, 0.3) is 0 Å². The summed E-state index contributed by atoms with van der Waals surface area (Å²) in [5, 5.41) is 4.49. The Balaban J connectivity index is 2.39. The molecule has 0 aliphatic heterocycles. The van der Waals surface area contributed by atoms with Crippen molar-refractivity contribution in [2.24, 2.45) is 0 Å². The molecule has 0 atom stereocenters. The first-order valence-corrected chi connectivity index (χ1v) is 6.13. The Morgan fingerprint density at radius 1 is 1.39 bits per heavy atom. The molecule has 1 aromatic heterocycles. The molecule has 2 rings (SSSR count). The zero-order chi connectivity index (χ0) is 13.1. The van der Waals surface area contributed by atoms with E-state index in [2.05, 4.69) is 18.2 Å². The van der Waals surface area contributed by atoms with E-state index in [1.807, 2.05) is 29.8 Å². The molecular weight excluding hydrogens is 226 g/mol. The molecule has 0 fully saturated rings. The number of anilines is 1. The second kappa shape index (κ2) is 5.12. The van der Waals surface area contributed by atoms with E-state index < -0.39 is 0 Å². The number of rotatable bonds is 4. The van der Waals surface area contributed by atoms with Gasteiger partial charge in [-0.2, -0.15) is 5.10 Å². The van der Waals surface area contributed by atoms with Crippen molar-refractivity contribution in [3.05, 3.63) is 30.1 Å². The van der Waals surface area contributed by atoms with Crippen LogP contribution in [-0.4, -0.2) is 16.9 Å². The van der Waals surface area contributed by atoms with Crippen molar-refractivity contribution in [1.82, 2.24) is 9.78 Å². The van der Waals surface area contributed by atoms with Crippen molar-refractivity contribution in [2.75, 3.05) is 12.8 Å². The lowest BCUT2D eigenvalue weighted by Gasteiger charge is -2.06. The third kappa shape index (κ3) is 2.32. The van der Waals surface area contributed by atoms with Gasteiger partial charge in [0.05, 0.1) is 18.5 Å². The van der Waals surface area contributed by atoms with Crippen molar-refractivity contribution in [2.45, 2.75) is 26.8 Å². The summed E-state index contributed by atoms with van der Waals surface area (Å²) < 4.78 is 7.14. The number of aromatic nitrogens is 2. The Hall–Kier alpha value is -1.97. The lowest BCUT2D eigenvalue weighted by atomic mass is 10.1. The van der Waals surface area contributed by atoms with Gasteiger partial charge in [-0.15, -0.1) is 0 Å². The van der Waals surface area contributed by atoms with Crippen LogP contribution in [0.5, 0.6) is 5.75 Å². The first-order chi connectivity index (χ1) is 8.65. The zero-order valence-corrected chi connectivity index (χ0v) is 11.1. The van der Waals surface area contributed by atoms with E-state index in [-0.39, 0.29) is 0 Å². The largest absolute Gasteiger partial charge is 0.495 e. The van der Waals surface area contributed by atoms with Crippen LogP contribution in [0.1, 0.15) is 19.0 Å². The third-order valence-corrected chi connectivity index (χ3v) is 2.94. The van der Waals surface area contributed by atoms with Crippen LogP contribution in [-0.2, 0) is 6.54 Å². The minimum absolute atomic E-state index is 0.651. The minimum atomic E-state index is 0.651. The van der Waals surface area contributed by atoms with Crippen LogP contribution >= 0.6 is 0 Å². The molecule has 0 amide bonds. The molecule has 0 saturated carbocycles. The fraction of sp³-hybridized carbons (Fsp3) is 0.357. The molecule has 0 saturated heterocycles. The van der Waals surface area contributed by atoms with Crippen LogP contribution in [0.25, 0.3) is 11.1 Å². The number of hydrogen-bond acceptors (Lipinski definition) is 3. The second-order valence-corrected chi connectivity index (χ2v) is 4.35. The van der Waals surface area contributed by atoms with Crippen molar-refractivity contribution in [1.29, 1.82) is 0 Å². The van der Waals surface area contributed by atoms with Gasteiger partial charge in [0.2, 0.25) is 0 Å². The monoisotopic (exact) mass is 245 g/mol. The van der Waals surface area contributed by atoms with Gasteiger partial charge in [-0.3, -0.25) is 4.68 Å². The SMILES string of the molecule is CCCn1cc(-c2ccc(OC)c(N)c2)c(C)n1. The molecule has 0 bridgehead atoms. The highest BCUT2D eigenvalue weighted by Crippen LogP contribution is 2.29. The predicted molar refractivity (Wildman–Crippen MR) is 73.7 cm³/mol. The highest BCUT2D eigenvalue weighted by Gasteiger charge is 2.09. The van der Waals surface area contributed by atoms with Crippen molar-refractivity contribution < 1.29 is 4.74 Å². The van der Waals surface area contributed by atoms with Gasteiger partial charge in [0.1, 0.15) is 5.75 Å². The van der Waals surface area contributed by atoms with Gasteiger partial charge in [-0.25, -0.2) is 0 Å². The van der Waals surface area contributed by atoms with Crippen LogP contribution in [0.15, 0.2) is 24.4 Å². The number of nitrogens with two attached hydrogens (primary N) is 1. The average Bonchev–Trinajstić information content (AvgIpc) is 2.71.